The lowest BCUT2D eigenvalue weighted by Crippen LogP contribution is -2.08. The Kier molecular flexibility index (Phi) is 2.07. The van der Waals surface area contributed by atoms with Gasteiger partial charge in [0.05, 0.1) is 0 Å². The van der Waals surface area contributed by atoms with Crippen molar-refractivity contribution in [1.29, 1.82) is 0 Å². The molecule has 0 saturated carbocycles. The lowest BCUT2D eigenvalue weighted by atomic mass is 10.0. The standard InChI is InChI=1S/C10H12ClN/c11-10-3-1-2-8-7(6-12)4-5-9(8)10/h1-3,7H,4-6,12H2. The molecule has 0 fully saturated rings. The highest BCUT2D eigenvalue weighted by molar-refractivity contribution is 6.31. The van der Waals surface area contributed by atoms with Gasteiger partial charge in [-0.25, -0.2) is 0 Å². The topological polar surface area (TPSA) is 26.0 Å². The van der Waals surface area contributed by atoms with Crippen LogP contribution >= 0.6 is 11.6 Å². The fourth-order valence-corrected chi connectivity index (χ4v) is 2.22. The highest BCUT2D eigenvalue weighted by Crippen LogP contribution is 2.35. The van der Waals surface area contributed by atoms with E-state index in [2.05, 4.69) is 6.07 Å². The van der Waals surface area contributed by atoms with Crippen LogP contribution in [-0.4, -0.2) is 6.54 Å². The SMILES string of the molecule is NCC1CCc2c(Cl)cccc21. The molecule has 0 amide bonds. The average molecular weight is 182 g/mol. The summed E-state index contributed by atoms with van der Waals surface area (Å²) in [6, 6.07) is 6.11. The van der Waals surface area contributed by atoms with Crippen molar-refractivity contribution in [1.82, 2.24) is 0 Å². The number of hydrogen-bond donors (Lipinski definition) is 1. The van der Waals surface area contributed by atoms with Crippen LogP contribution in [0.2, 0.25) is 5.02 Å². The normalized spacial score (nSPS) is 21.0. The maximum absolute atomic E-state index is 6.05. The maximum Gasteiger partial charge on any atom is 0.0440 e. The monoisotopic (exact) mass is 181 g/mol. The first-order valence-electron chi connectivity index (χ1n) is 4.30. The molecule has 0 heterocycles. The van der Waals surface area contributed by atoms with Crippen LogP contribution < -0.4 is 5.73 Å². The van der Waals surface area contributed by atoms with Crippen LogP contribution in [0.5, 0.6) is 0 Å². The van der Waals surface area contributed by atoms with E-state index in [0.29, 0.717) is 5.92 Å². The summed E-state index contributed by atoms with van der Waals surface area (Å²) in [5.74, 6) is 0.540. The molecule has 2 N–H and O–H groups in total. The first kappa shape index (κ1) is 8.09. The van der Waals surface area contributed by atoms with Gasteiger partial charge in [-0.15, -0.1) is 0 Å². The van der Waals surface area contributed by atoms with E-state index in [1.807, 2.05) is 12.1 Å². The number of nitrogens with two attached hydrogens (primary N) is 1. The molecular formula is C10H12ClN. The summed E-state index contributed by atoms with van der Waals surface area (Å²) in [6.07, 6.45) is 2.26. The molecule has 0 bridgehead atoms. The van der Waals surface area contributed by atoms with Crippen LogP contribution in [0.4, 0.5) is 0 Å². The number of rotatable bonds is 1. The van der Waals surface area contributed by atoms with E-state index in [1.165, 1.54) is 11.1 Å². The van der Waals surface area contributed by atoms with Crippen molar-refractivity contribution < 1.29 is 0 Å². The molecule has 0 aromatic heterocycles. The van der Waals surface area contributed by atoms with Gasteiger partial charge < -0.3 is 5.73 Å². The minimum absolute atomic E-state index is 0.540. The van der Waals surface area contributed by atoms with Crippen molar-refractivity contribution in [3.63, 3.8) is 0 Å². The van der Waals surface area contributed by atoms with Crippen molar-refractivity contribution >= 4 is 11.6 Å². The lowest BCUT2D eigenvalue weighted by molar-refractivity contribution is 0.688. The molecule has 1 aliphatic rings. The van der Waals surface area contributed by atoms with Crippen molar-refractivity contribution in [2.75, 3.05) is 6.54 Å². The van der Waals surface area contributed by atoms with Crippen LogP contribution in [0, 0.1) is 0 Å². The van der Waals surface area contributed by atoms with Gasteiger partial charge in [0.1, 0.15) is 0 Å². The van der Waals surface area contributed by atoms with E-state index in [1.54, 1.807) is 0 Å². The van der Waals surface area contributed by atoms with E-state index in [9.17, 15) is 0 Å². The molecule has 1 atom stereocenters. The predicted octanol–water partition coefficient (Wildman–Crippen LogP) is 2.33. The number of hydrogen-bond acceptors (Lipinski definition) is 1. The summed E-state index contributed by atoms with van der Waals surface area (Å²) in [5, 5.41) is 0.906. The minimum atomic E-state index is 0.540. The molecular weight excluding hydrogens is 170 g/mol. The van der Waals surface area contributed by atoms with Gasteiger partial charge in [0, 0.05) is 5.02 Å². The predicted molar refractivity (Wildman–Crippen MR) is 51.6 cm³/mol. The van der Waals surface area contributed by atoms with E-state index in [4.69, 9.17) is 17.3 Å². The van der Waals surface area contributed by atoms with Gasteiger partial charge in [-0.3, -0.25) is 0 Å². The fraction of sp³-hybridized carbons (Fsp3) is 0.400. The third-order valence-electron chi connectivity index (χ3n) is 2.62. The van der Waals surface area contributed by atoms with E-state index in [0.717, 1.165) is 24.4 Å². The zero-order chi connectivity index (χ0) is 8.55. The number of fused-ring (bicyclic) bond motifs is 1. The fourth-order valence-electron chi connectivity index (χ4n) is 1.94. The summed E-state index contributed by atoms with van der Waals surface area (Å²) in [4.78, 5) is 0. The van der Waals surface area contributed by atoms with Crippen LogP contribution in [0.15, 0.2) is 18.2 Å². The molecule has 1 aromatic rings. The van der Waals surface area contributed by atoms with Crippen LogP contribution in [0.3, 0.4) is 0 Å². The quantitative estimate of drug-likeness (QED) is 0.707. The van der Waals surface area contributed by atoms with Crippen molar-refractivity contribution in [3.8, 4) is 0 Å². The molecule has 0 spiro atoms. The Balaban J connectivity index is 2.46. The number of halogens is 1. The first-order valence-corrected chi connectivity index (χ1v) is 4.68. The third kappa shape index (κ3) is 1.13. The van der Waals surface area contributed by atoms with Crippen LogP contribution in [0.1, 0.15) is 23.5 Å². The molecule has 0 aliphatic heterocycles. The molecule has 1 nitrogen and oxygen atoms in total. The Hall–Kier alpha value is -0.530. The maximum atomic E-state index is 6.05. The molecule has 1 aliphatic carbocycles. The molecule has 0 saturated heterocycles. The summed E-state index contributed by atoms with van der Waals surface area (Å²) >= 11 is 6.05. The number of benzene rings is 1. The smallest absolute Gasteiger partial charge is 0.0440 e. The molecule has 2 rings (SSSR count). The third-order valence-corrected chi connectivity index (χ3v) is 2.98. The summed E-state index contributed by atoms with van der Waals surface area (Å²) in [6.45, 7) is 0.743. The van der Waals surface area contributed by atoms with Crippen LogP contribution in [0.25, 0.3) is 0 Å². The summed E-state index contributed by atoms with van der Waals surface area (Å²) in [5.41, 5.74) is 8.34. The average Bonchev–Trinajstić information content (AvgIpc) is 2.49. The van der Waals surface area contributed by atoms with Gasteiger partial charge in [-0.05, 0) is 42.5 Å². The Morgan fingerprint density at radius 2 is 2.33 bits per heavy atom. The van der Waals surface area contributed by atoms with Crippen molar-refractivity contribution in [2.45, 2.75) is 18.8 Å². The van der Waals surface area contributed by atoms with E-state index in [-0.39, 0.29) is 0 Å². The van der Waals surface area contributed by atoms with Gasteiger partial charge in [0.2, 0.25) is 0 Å². The van der Waals surface area contributed by atoms with Crippen LogP contribution in [-0.2, 0) is 6.42 Å². The van der Waals surface area contributed by atoms with Gasteiger partial charge in [0.25, 0.3) is 0 Å². The second kappa shape index (κ2) is 3.08. The highest BCUT2D eigenvalue weighted by Gasteiger charge is 2.22. The molecule has 1 unspecified atom stereocenters. The zero-order valence-electron chi connectivity index (χ0n) is 6.89. The molecule has 64 valence electrons. The second-order valence-electron chi connectivity index (χ2n) is 3.28. The van der Waals surface area contributed by atoms with Crippen molar-refractivity contribution in [3.05, 3.63) is 34.3 Å². The van der Waals surface area contributed by atoms with Gasteiger partial charge >= 0.3 is 0 Å². The molecule has 1 aromatic carbocycles. The van der Waals surface area contributed by atoms with Gasteiger partial charge in [-0.1, -0.05) is 23.7 Å². The second-order valence-corrected chi connectivity index (χ2v) is 3.69. The largest absolute Gasteiger partial charge is 0.330 e. The van der Waals surface area contributed by atoms with Gasteiger partial charge in [0.15, 0.2) is 0 Å². The summed E-state index contributed by atoms with van der Waals surface area (Å²) in [7, 11) is 0. The van der Waals surface area contributed by atoms with Gasteiger partial charge in [-0.2, -0.15) is 0 Å². The minimum Gasteiger partial charge on any atom is -0.330 e. The summed E-state index contributed by atoms with van der Waals surface area (Å²) < 4.78 is 0. The van der Waals surface area contributed by atoms with E-state index < -0.39 is 0 Å². The lowest BCUT2D eigenvalue weighted by Gasteiger charge is -2.07. The Labute approximate surface area is 77.5 Å². The molecule has 0 radical (unpaired) electrons. The Bertz CT molecular complexity index is 296. The van der Waals surface area contributed by atoms with E-state index >= 15 is 0 Å². The zero-order valence-corrected chi connectivity index (χ0v) is 7.64. The Morgan fingerprint density at radius 1 is 1.50 bits per heavy atom. The molecule has 12 heavy (non-hydrogen) atoms. The highest BCUT2D eigenvalue weighted by atomic mass is 35.5. The molecule has 2 heteroatoms. The first-order chi connectivity index (χ1) is 5.83. The van der Waals surface area contributed by atoms with Crippen molar-refractivity contribution in [2.24, 2.45) is 5.73 Å². The Morgan fingerprint density at radius 3 is 3.08 bits per heavy atom.